The zero-order valence-electron chi connectivity index (χ0n) is 8.62. The Morgan fingerprint density at radius 2 is 2.00 bits per heavy atom. The van der Waals surface area contributed by atoms with Crippen LogP contribution in [-0.2, 0) is 0 Å². The Morgan fingerprint density at radius 1 is 1.43 bits per heavy atom. The molecule has 2 N–H and O–H groups in total. The molecule has 0 spiro atoms. The summed E-state index contributed by atoms with van der Waals surface area (Å²) in [7, 11) is 0. The fourth-order valence-electron chi connectivity index (χ4n) is 1.11. The number of aromatic nitrogens is 1. The van der Waals surface area contributed by atoms with Crippen LogP contribution in [0.1, 0.15) is 32.4 Å². The van der Waals surface area contributed by atoms with Gasteiger partial charge in [-0.25, -0.2) is 4.98 Å². The first kappa shape index (κ1) is 13.9. The highest BCUT2D eigenvalue weighted by atomic mass is 79.9. The second kappa shape index (κ2) is 5.10. The molecule has 0 saturated carbocycles. The Bertz CT molecular complexity index is 296. The molecular formula is C10H16BrClN2. The second-order valence-corrected chi connectivity index (χ2v) is 5.07. The molecule has 80 valence electrons. The van der Waals surface area contributed by atoms with E-state index in [0.29, 0.717) is 0 Å². The molecule has 0 radical (unpaired) electrons. The Labute approximate surface area is 99.8 Å². The van der Waals surface area contributed by atoms with Gasteiger partial charge in [-0.3, -0.25) is 0 Å². The van der Waals surface area contributed by atoms with Gasteiger partial charge in [-0.15, -0.1) is 12.4 Å². The highest BCUT2D eigenvalue weighted by Gasteiger charge is 2.22. The third-order valence-electron chi connectivity index (χ3n) is 2.04. The van der Waals surface area contributed by atoms with Crippen molar-refractivity contribution in [3.05, 3.63) is 28.5 Å². The summed E-state index contributed by atoms with van der Waals surface area (Å²) >= 11 is 3.33. The van der Waals surface area contributed by atoms with Crippen LogP contribution in [0.3, 0.4) is 0 Å². The van der Waals surface area contributed by atoms with Gasteiger partial charge >= 0.3 is 0 Å². The molecule has 0 bridgehead atoms. The number of pyridine rings is 1. The van der Waals surface area contributed by atoms with Crippen molar-refractivity contribution in [2.75, 3.05) is 0 Å². The van der Waals surface area contributed by atoms with Crippen molar-refractivity contribution in [2.24, 2.45) is 11.1 Å². The van der Waals surface area contributed by atoms with Gasteiger partial charge in [-0.2, -0.15) is 0 Å². The lowest BCUT2D eigenvalue weighted by Crippen LogP contribution is -2.26. The molecule has 0 amide bonds. The van der Waals surface area contributed by atoms with Crippen LogP contribution in [0.4, 0.5) is 0 Å². The van der Waals surface area contributed by atoms with Crippen LogP contribution < -0.4 is 5.73 Å². The molecular weight excluding hydrogens is 263 g/mol. The van der Waals surface area contributed by atoms with Crippen molar-refractivity contribution in [1.29, 1.82) is 0 Å². The first-order valence-electron chi connectivity index (χ1n) is 4.28. The van der Waals surface area contributed by atoms with Gasteiger partial charge in [0.05, 0.1) is 0 Å². The molecule has 0 aliphatic carbocycles. The molecule has 1 heterocycles. The van der Waals surface area contributed by atoms with Gasteiger partial charge in [0.1, 0.15) is 4.60 Å². The standard InChI is InChI=1S/C10H15BrN2.ClH/c1-10(2,3)9(12)7-4-5-13-8(11)6-7;/h4-6,9H,12H2,1-3H3;1H/t9-;/m1./s1. The zero-order valence-corrected chi connectivity index (χ0v) is 11.0. The van der Waals surface area contributed by atoms with E-state index in [1.54, 1.807) is 6.20 Å². The van der Waals surface area contributed by atoms with Crippen LogP contribution in [0.25, 0.3) is 0 Å². The number of hydrogen-bond donors (Lipinski definition) is 1. The first-order chi connectivity index (χ1) is 5.91. The summed E-state index contributed by atoms with van der Waals surface area (Å²) in [6.45, 7) is 6.39. The maximum atomic E-state index is 6.09. The molecule has 0 fully saturated rings. The molecule has 0 saturated heterocycles. The van der Waals surface area contributed by atoms with Crippen molar-refractivity contribution < 1.29 is 0 Å². The van der Waals surface area contributed by atoms with E-state index in [4.69, 9.17) is 5.73 Å². The lowest BCUT2D eigenvalue weighted by Gasteiger charge is -2.27. The predicted octanol–water partition coefficient (Wildman–Crippen LogP) is 3.31. The number of nitrogens with zero attached hydrogens (tertiary/aromatic N) is 1. The Hall–Kier alpha value is -0.120. The zero-order chi connectivity index (χ0) is 10.1. The fraction of sp³-hybridized carbons (Fsp3) is 0.500. The summed E-state index contributed by atoms with van der Waals surface area (Å²) < 4.78 is 0.838. The van der Waals surface area contributed by atoms with Crippen molar-refractivity contribution in [3.63, 3.8) is 0 Å². The molecule has 1 aromatic rings. The SMILES string of the molecule is CC(C)(C)[C@H](N)c1ccnc(Br)c1.Cl. The van der Waals surface area contributed by atoms with E-state index in [1.165, 1.54) is 0 Å². The molecule has 0 aliphatic heterocycles. The fourth-order valence-corrected chi connectivity index (χ4v) is 1.49. The van der Waals surface area contributed by atoms with Crippen molar-refractivity contribution >= 4 is 28.3 Å². The number of nitrogens with two attached hydrogens (primary N) is 1. The third-order valence-corrected chi connectivity index (χ3v) is 2.48. The van der Waals surface area contributed by atoms with Crippen LogP contribution in [-0.4, -0.2) is 4.98 Å². The quantitative estimate of drug-likeness (QED) is 0.801. The summed E-state index contributed by atoms with van der Waals surface area (Å²) in [4.78, 5) is 4.07. The summed E-state index contributed by atoms with van der Waals surface area (Å²) in [6.07, 6.45) is 1.77. The van der Waals surface area contributed by atoms with E-state index < -0.39 is 0 Å². The first-order valence-corrected chi connectivity index (χ1v) is 5.07. The van der Waals surface area contributed by atoms with Crippen LogP contribution in [0.15, 0.2) is 22.9 Å². The molecule has 4 heteroatoms. The van der Waals surface area contributed by atoms with E-state index in [0.717, 1.165) is 10.2 Å². The van der Waals surface area contributed by atoms with E-state index in [1.807, 2.05) is 12.1 Å². The van der Waals surface area contributed by atoms with Gasteiger partial charge in [0.15, 0.2) is 0 Å². The normalized spacial score (nSPS) is 13.2. The highest BCUT2D eigenvalue weighted by molar-refractivity contribution is 9.10. The van der Waals surface area contributed by atoms with Crippen molar-refractivity contribution in [3.8, 4) is 0 Å². The van der Waals surface area contributed by atoms with Gasteiger partial charge < -0.3 is 5.73 Å². The summed E-state index contributed by atoms with van der Waals surface area (Å²) in [5.74, 6) is 0. The van der Waals surface area contributed by atoms with Gasteiger partial charge in [-0.1, -0.05) is 20.8 Å². The van der Waals surface area contributed by atoms with E-state index >= 15 is 0 Å². The van der Waals surface area contributed by atoms with Gasteiger partial charge in [0.25, 0.3) is 0 Å². The van der Waals surface area contributed by atoms with Crippen molar-refractivity contribution in [1.82, 2.24) is 4.98 Å². The van der Waals surface area contributed by atoms with Gasteiger partial charge in [-0.05, 0) is 39.0 Å². The summed E-state index contributed by atoms with van der Waals surface area (Å²) in [5.41, 5.74) is 7.30. The smallest absolute Gasteiger partial charge is 0.106 e. The average Bonchev–Trinajstić information content (AvgIpc) is 2.01. The lowest BCUT2D eigenvalue weighted by atomic mass is 9.83. The molecule has 2 nitrogen and oxygen atoms in total. The minimum Gasteiger partial charge on any atom is -0.324 e. The molecule has 0 aliphatic rings. The average molecular weight is 280 g/mol. The second-order valence-electron chi connectivity index (χ2n) is 4.26. The number of hydrogen-bond acceptors (Lipinski definition) is 2. The van der Waals surface area contributed by atoms with Crippen LogP contribution in [0, 0.1) is 5.41 Å². The lowest BCUT2D eigenvalue weighted by molar-refractivity contribution is 0.326. The Kier molecular flexibility index (Phi) is 5.06. The largest absolute Gasteiger partial charge is 0.324 e. The van der Waals surface area contributed by atoms with E-state index in [2.05, 4.69) is 41.7 Å². The van der Waals surface area contributed by atoms with E-state index in [9.17, 15) is 0 Å². The third kappa shape index (κ3) is 3.56. The number of rotatable bonds is 1. The topological polar surface area (TPSA) is 38.9 Å². The van der Waals surface area contributed by atoms with Crippen LogP contribution >= 0.6 is 28.3 Å². The van der Waals surface area contributed by atoms with E-state index in [-0.39, 0.29) is 23.9 Å². The van der Waals surface area contributed by atoms with Crippen LogP contribution in [0.5, 0.6) is 0 Å². The minimum atomic E-state index is 0. The molecule has 14 heavy (non-hydrogen) atoms. The molecule has 1 aromatic heterocycles. The summed E-state index contributed by atoms with van der Waals surface area (Å²) in [5, 5.41) is 0. The summed E-state index contributed by atoms with van der Waals surface area (Å²) in [6, 6.07) is 3.98. The van der Waals surface area contributed by atoms with Gasteiger partial charge in [0, 0.05) is 12.2 Å². The molecule has 1 rings (SSSR count). The monoisotopic (exact) mass is 278 g/mol. The van der Waals surface area contributed by atoms with Crippen molar-refractivity contribution in [2.45, 2.75) is 26.8 Å². The molecule has 0 unspecified atom stereocenters. The maximum Gasteiger partial charge on any atom is 0.106 e. The molecule has 1 atom stereocenters. The Morgan fingerprint density at radius 3 is 2.43 bits per heavy atom. The minimum absolute atomic E-state index is 0. The number of halogens is 2. The Balaban J connectivity index is 0.00000169. The highest BCUT2D eigenvalue weighted by Crippen LogP contribution is 2.30. The van der Waals surface area contributed by atoms with Crippen LogP contribution in [0.2, 0.25) is 0 Å². The maximum absolute atomic E-state index is 6.09. The van der Waals surface area contributed by atoms with Gasteiger partial charge in [0.2, 0.25) is 0 Å². The molecule has 0 aromatic carbocycles. The predicted molar refractivity (Wildman–Crippen MR) is 65.6 cm³/mol.